The van der Waals surface area contributed by atoms with Gasteiger partial charge in [-0.2, -0.15) is 0 Å². The molecule has 1 heterocycles. The summed E-state index contributed by atoms with van der Waals surface area (Å²) in [6.07, 6.45) is 0.0942. The molecule has 8 nitrogen and oxygen atoms in total. The van der Waals surface area contributed by atoms with Gasteiger partial charge in [0.1, 0.15) is 13.2 Å². The number of carbonyl (C=O) groups is 1. The number of ether oxygens (including phenoxy) is 3. The van der Waals surface area contributed by atoms with Gasteiger partial charge in [-0.1, -0.05) is 0 Å². The van der Waals surface area contributed by atoms with Crippen molar-refractivity contribution in [1.29, 1.82) is 0 Å². The molecule has 0 fully saturated rings. The topological polar surface area (TPSA) is 111 Å². The predicted molar refractivity (Wildman–Crippen MR) is 105 cm³/mol. The first-order valence-electron chi connectivity index (χ1n) is 8.52. The lowest BCUT2D eigenvalue weighted by molar-refractivity contribution is -0.137. The highest BCUT2D eigenvalue weighted by Crippen LogP contribution is 2.39. The van der Waals surface area contributed by atoms with Crippen molar-refractivity contribution in [2.45, 2.75) is 17.7 Å². The molecule has 0 saturated carbocycles. The number of fused-ring (bicyclic) bond motifs is 1. The molecule has 0 saturated heterocycles. The summed E-state index contributed by atoms with van der Waals surface area (Å²) in [5, 5.41) is 8.58. The normalized spacial score (nSPS) is 13.0. The molecule has 29 heavy (non-hydrogen) atoms. The van der Waals surface area contributed by atoms with Gasteiger partial charge < -0.3 is 19.3 Å². The van der Waals surface area contributed by atoms with E-state index in [1.165, 1.54) is 18.2 Å². The van der Waals surface area contributed by atoms with E-state index in [0.29, 0.717) is 29.2 Å². The summed E-state index contributed by atoms with van der Waals surface area (Å²) in [6, 6.07) is 6.28. The predicted octanol–water partition coefficient (Wildman–Crippen LogP) is 3.40. The Kier molecular flexibility index (Phi) is 6.48. The van der Waals surface area contributed by atoms with Gasteiger partial charge in [-0.3, -0.25) is 9.52 Å². The number of hydrogen-bond acceptors (Lipinski definition) is 6. The van der Waals surface area contributed by atoms with Crippen molar-refractivity contribution in [3.05, 3.63) is 40.6 Å². The maximum atomic E-state index is 14.2. The SMILES string of the molecule is O=C(O)CCCOc1ccc(S(=O)(=O)Nc2cc3c(cc2Br)OCCO3)cc1F. The number of halogens is 2. The van der Waals surface area contributed by atoms with Gasteiger partial charge in [0.2, 0.25) is 0 Å². The Morgan fingerprint density at radius 2 is 1.90 bits per heavy atom. The summed E-state index contributed by atoms with van der Waals surface area (Å²) in [5.74, 6) is -1.12. The minimum Gasteiger partial charge on any atom is -0.491 e. The van der Waals surface area contributed by atoms with E-state index in [-0.39, 0.29) is 35.8 Å². The van der Waals surface area contributed by atoms with Crippen LogP contribution in [-0.4, -0.2) is 39.3 Å². The summed E-state index contributed by atoms with van der Waals surface area (Å²) in [5.41, 5.74) is 0.212. The van der Waals surface area contributed by atoms with Crippen LogP contribution in [0.15, 0.2) is 39.7 Å². The van der Waals surface area contributed by atoms with E-state index in [0.717, 1.165) is 6.07 Å². The number of carboxylic acids is 1. The second-order valence-electron chi connectivity index (χ2n) is 6.02. The van der Waals surface area contributed by atoms with Crippen molar-refractivity contribution >= 4 is 37.6 Å². The zero-order valence-electron chi connectivity index (χ0n) is 15.0. The minimum absolute atomic E-state index is 0.00227. The van der Waals surface area contributed by atoms with Crippen molar-refractivity contribution in [2.24, 2.45) is 0 Å². The molecule has 156 valence electrons. The van der Waals surface area contributed by atoms with Gasteiger partial charge in [-0.15, -0.1) is 0 Å². The number of hydrogen-bond donors (Lipinski definition) is 2. The summed E-state index contributed by atoms with van der Waals surface area (Å²) in [6.45, 7) is 0.742. The van der Waals surface area contributed by atoms with Crippen LogP contribution in [0.1, 0.15) is 12.8 Å². The van der Waals surface area contributed by atoms with Crippen LogP contribution in [0.5, 0.6) is 17.2 Å². The van der Waals surface area contributed by atoms with Crippen LogP contribution in [0.25, 0.3) is 0 Å². The molecule has 1 aliphatic heterocycles. The smallest absolute Gasteiger partial charge is 0.303 e. The fraction of sp³-hybridized carbons (Fsp3) is 0.278. The number of aliphatic carboxylic acids is 1. The fourth-order valence-electron chi connectivity index (χ4n) is 2.52. The number of benzene rings is 2. The Bertz CT molecular complexity index is 1030. The molecule has 1 aliphatic rings. The fourth-order valence-corrected chi connectivity index (χ4v) is 4.15. The first-order valence-corrected chi connectivity index (χ1v) is 10.8. The molecule has 0 bridgehead atoms. The molecule has 2 aromatic rings. The van der Waals surface area contributed by atoms with Crippen molar-refractivity contribution in [3.8, 4) is 17.2 Å². The molecule has 2 aromatic carbocycles. The third-order valence-electron chi connectivity index (χ3n) is 3.88. The van der Waals surface area contributed by atoms with E-state index in [4.69, 9.17) is 19.3 Å². The molecule has 0 unspecified atom stereocenters. The van der Waals surface area contributed by atoms with E-state index >= 15 is 0 Å². The number of sulfonamides is 1. The van der Waals surface area contributed by atoms with Gasteiger partial charge in [0.05, 0.1) is 17.2 Å². The van der Waals surface area contributed by atoms with Crippen LogP contribution in [0.3, 0.4) is 0 Å². The Morgan fingerprint density at radius 3 is 2.55 bits per heavy atom. The van der Waals surface area contributed by atoms with Gasteiger partial charge in [0, 0.05) is 23.0 Å². The van der Waals surface area contributed by atoms with Crippen molar-refractivity contribution in [2.75, 3.05) is 24.5 Å². The van der Waals surface area contributed by atoms with Crippen LogP contribution < -0.4 is 18.9 Å². The lowest BCUT2D eigenvalue weighted by Gasteiger charge is -2.20. The molecule has 0 radical (unpaired) electrons. The van der Waals surface area contributed by atoms with E-state index in [1.807, 2.05) is 0 Å². The lowest BCUT2D eigenvalue weighted by atomic mass is 10.2. The first kappa shape index (κ1) is 21.2. The Morgan fingerprint density at radius 1 is 1.21 bits per heavy atom. The lowest BCUT2D eigenvalue weighted by Crippen LogP contribution is -2.17. The Balaban J connectivity index is 1.74. The number of rotatable bonds is 8. The van der Waals surface area contributed by atoms with Gasteiger partial charge in [0.15, 0.2) is 23.1 Å². The monoisotopic (exact) mass is 489 g/mol. The molecule has 0 aliphatic carbocycles. The Labute approximate surface area is 174 Å². The number of carboxylic acid groups (broad SMARTS) is 1. The number of anilines is 1. The molecular weight excluding hydrogens is 473 g/mol. The van der Waals surface area contributed by atoms with E-state index in [1.54, 1.807) is 6.07 Å². The summed E-state index contributed by atoms with van der Waals surface area (Å²) in [4.78, 5) is 10.2. The molecule has 0 spiro atoms. The van der Waals surface area contributed by atoms with Gasteiger partial charge in [0.25, 0.3) is 10.0 Å². The van der Waals surface area contributed by atoms with Gasteiger partial charge in [-0.25, -0.2) is 12.8 Å². The zero-order valence-corrected chi connectivity index (χ0v) is 17.4. The van der Waals surface area contributed by atoms with Crippen molar-refractivity contribution in [3.63, 3.8) is 0 Å². The van der Waals surface area contributed by atoms with Gasteiger partial charge in [-0.05, 0) is 40.5 Å². The first-order chi connectivity index (χ1) is 13.8. The maximum Gasteiger partial charge on any atom is 0.303 e. The molecule has 11 heteroatoms. The second kappa shape index (κ2) is 8.87. The Hall–Kier alpha value is -2.53. The summed E-state index contributed by atoms with van der Waals surface area (Å²) < 4.78 is 58.4. The van der Waals surface area contributed by atoms with Crippen LogP contribution in [0, 0.1) is 5.82 Å². The summed E-state index contributed by atoms with van der Waals surface area (Å²) >= 11 is 3.27. The second-order valence-corrected chi connectivity index (χ2v) is 8.56. The minimum atomic E-state index is -4.09. The number of nitrogens with one attached hydrogen (secondary N) is 1. The largest absolute Gasteiger partial charge is 0.491 e. The third kappa shape index (κ3) is 5.30. The van der Waals surface area contributed by atoms with Crippen molar-refractivity contribution < 1.29 is 36.9 Å². The molecule has 3 rings (SSSR count). The third-order valence-corrected chi connectivity index (χ3v) is 5.90. The highest BCUT2D eigenvalue weighted by atomic mass is 79.9. The van der Waals surface area contributed by atoms with Crippen LogP contribution in [0.2, 0.25) is 0 Å². The average Bonchev–Trinajstić information content (AvgIpc) is 2.66. The van der Waals surface area contributed by atoms with Crippen LogP contribution in [0.4, 0.5) is 10.1 Å². The molecular formula is C18H17BrFNO7S. The molecule has 0 amide bonds. The average molecular weight is 490 g/mol. The van der Waals surface area contributed by atoms with Crippen LogP contribution in [-0.2, 0) is 14.8 Å². The highest BCUT2D eigenvalue weighted by Gasteiger charge is 2.21. The zero-order chi connectivity index (χ0) is 21.0. The quantitative estimate of drug-likeness (QED) is 0.546. The molecule has 0 atom stereocenters. The highest BCUT2D eigenvalue weighted by molar-refractivity contribution is 9.10. The van der Waals surface area contributed by atoms with E-state index in [9.17, 15) is 17.6 Å². The van der Waals surface area contributed by atoms with Crippen molar-refractivity contribution in [1.82, 2.24) is 0 Å². The van der Waals surface area contributed by atoms with E-state index < -0.39 is 21.8 Å². The maximum absolute atomic E-state index is 14.2. The standard InChI is InChI=1S/C18H17BrFNO7S/c19-12-9-16-17(28-7-6-27-16)10-14(12)21-29(24,25)11-3-4-15(13(20)8-11)26-5-1-2-18(22)23/h3-4,8-10,21H,1-2,5-7H2,(H,22,23). The van der Waals surface area contributed by atoms with Gasteiger partial charge >= 0.3 is 5.97 Å². The molecule has 0 aromatic heterocycles. The summed E-state index contributed by atoms with van der Waals surface area (Å²) in [7, 11) is -4.09. The van der Waals surface area contributed by atoms with Crippen LogP contribution >= 0.6 is 15.9 Å². The molecule has 2 N–H and O–H groups in total. The van der Waals surface area contributed by atoms with E-state index in [2.05, 4.69) is 20.7 Å².